The number of hydrogen-bond donors (Lipinski definition) is 14. The van der Waals surface area contributed by atoms with E-state index in [0.717, 1.165) is 0 Å². The summed E-state index contributed by atoms with van der Waals surface area (Å²) in [4.78, 5) is 115. The van der Waals surface area contributed by atoms with E-state index in [1.54, 1.807) is 42.5 Å². The molecular formula is C47H75N15O9. The van der Waals surface area contributed by atoms with Gasteiger partial charge in [-0.1, -0.05) is 70.2 Å². The first-order valence-corrected chi connectivity index (χ1v) is 23.5. The van der Waals surface area contributed by atoms with E-state index < -0.39 is 96.1 Å². The first-order valence-electron chi connectivity index (χ1n) is 23.5. The van der Waals surface area contributed by atoms with Crippen molar-refractivity contribution in [1.82, 2.24) is 37.2 Å². The topological polar surface area (TPSA) is 422 Å². The second-order valence-electron chi connectivity index (χ2n) is 18.0. The third-order valence-electron chi connectivity index (χ3n) is 10.7. The van der Waals surface area contributed by atoms with Crippen molar-refractivity contribution in [3.05, 3.63) is 65.7 Å². The summed E-state index contributed by atoms with van der Waals surface area (Å²) in [7, 11) is 0. The zero-order chi connectivity index (χ0) is 53.2. The lowest BCUT2D eigenvalue weighted by atomic mass is 10.00. The van der Waals surface area contributed by atoms with Gasteiger partial charge >= 0.3 is 0 Å². The molecule has 0 aliphatic carbocycles. The fourth-order valence-corrected chi connectivity index (χ4v) is 7.04. The van der Waals surface area contributed by atoms with Crippen LogP contribution in [-0.4, -0.2) is 126 Å². The number of carbonyl (C=O) groups is 8. The molecule has 0 spiro atoms. The maximum Gasteiger partial charge on any atom is 0.243 e. The Kier molecular flexibility index (Phi) is 25.9. The van der Waals surface area contributed by atoms with Gasteiger partial charge in [0.25, 0.3) is 0 Å². The average Bonchev–Trinajstić information content (AvgIpc) is 3.29. The molecule has 0 unspecified atom stereocenters. The van der Waals surface area contributed by atoms with Crippen LogP contribution >= 0.6 is 0 Å². The molecule has 2 aromatic carbocycles. The predicted octanol–water partition coefficient (Wildman–Crippen LogP) is -2.77. The van der Waals surface area contributed by atoms with Gasteiger partial charge < -0.3 is 76.7 Å². The number of aromatic hydroxyl groups is 1. The molecule has 0 aliphatic rings. The van der Waals surface area contributed by atoms with Gasteiger partial charge in [-0.3, -0.25) is 48.3 Å². The van der Waals surface area contributed by atoms with E-state index >= 15 is 0 Å². The molecule has 0 aromatic heterocycles. The number of amides is 8. The lowest BCUT2D eigenvalue weighted by molar-refractivity contribution is -0.135. The third-order valence-corrected chi connectivity index (χ3v) is 10.7. The second kappa shape index (κ2) is 30.9. The molecule has 2 aromatic rings. The van der Waals surface area contributed by atoms with Crippen molar-refractivity contribution in [2.45, 2.75) is 128 Å². The van der Waals surface area contributed by atoms with Crippen LogP contribution in [0.1, 0.15) is 84.3 Å². The van der Waals surface area contributed by atoms with E-state index in [9.17, 15) is 43.5 Å². The van der Waals surface area contributed by atoms with Crippen LogP contribution in [0.2, 0.25) is 0 Å². The monoisotopic (exact) mass is 994 g/mol. The maximum atomic E-state index is 14.2. The lowest BCUT2D eigenvalue weighted by Gasteiger charge is -2.28. The summed E-state index contributed by atoms with van der Waals surface area (Å²) in [5.74, 6) is -6.37. The Hall–Kier alpha value is -7.50. The molecule has 8 amide bonds. The van der Waals surface area contributed by atoms with Gasteiger partial charge in [-0.05, 0) is 87.0 Å². The summed E-state index contributed by atoms with van der Waals surface area (Å²) < 4.78 is 0. The molecule has 0 bridgehead atoms. The highest BCUT2D eigenvalue weighted by atomic mass is 16.3. The molecule has 0 fully saturated rings. The van der Waals surface area contributed by atoms with Crippen molar-refractivity contribution >= 4 is 59.2 Å². The van der Waals surface area contributed by atoms with Gasteiger partial charge in [-0.25, -0.2) is 0 Å². The number of rotatable bonds is 31. The largest absolute Gasteiger partial charge is 0.508 e. The van der Waals surface area contributed by atoms with Crippen LogP contribution in [0.25, 0.3) is 0 Å². The molecule has 7 atom stereocenters. The molecule has 71 heavy (non-hydrogen) atoms. The number of carbonyl (C=O) groups excluding carboxylic acids is 8. The summed E-state index contributed by atoms with van der Waals surface area (Å²) in [6.45, 7) is 8.33. The number of hydrogen-bond acceptors (Lipinski definition) is 12. The first kappa shape index (κ1) is 59.6. The van der Waals surface area contributed by atoms with Gasteiger partial charge in [0.15, 0.2) is 11.9 Å². The number of nitrogens with two attached hydrogens (primary N) is 6. The number of aliphatic imine (C=N–C) groups is 2. The van der Waals surface area contributed by atoms with Crippen molar-refractivity contribution in [2.75, 3.05) is 19.6 Å². The normalized spacial score (nSPS) is 13.9. The standard InChI is InChI=1S/C47H75N15O9/c1-26(2)21-35(39(49)65)61-43(69)34(14-10-20-55-47(52)53)59-42(68)33(13-9-19-54-46(50)51)60-44(70)36(22-27(3)4)62-45(71)37(24-29-11-7-6-8-12-29)58-38(64)25-56-40(66)28(5)57-41(67)32(48)23-30-15-17-31(63)18-16-30/h6-8,11-12,15-18,26-28,32-37,63H,9-10,13-14,19-25,48H2,1-5H3,(H2,49,65)(H,56,66)(H,57,67)(H,58,64)(H,59,68)(H,60,70)(H,61,69)(H,62,71)(H4,50,51,54)(H4,52,53,55)/t28-,32+,33+,34+,35-,36+,37+/m1/s1. The van der Waals surface area contributed by atoms with Crippen molar-refractivity contribution in [2.24, 2.45) is 56.2 Å². The molecule has 0 aliphatic heterocycles. The summed E-state index contributed by atoms with van der Waals surface area (Å²) in [5, 5.41) is 27.9. The third kappa shape index (κ3) is 24.1. The number of nitrogens with zero attached hydrogens (tertiary/aromatic N) is 2. The van der Waals surface area contributed by atoms with Gasteiger partial charge in [0.05, 0.1) is 12.6 Å². The number of primary amides is 1. The molecule has 0 saturated heterocycles. The lowest BCUT2D eigenvalue weighted by Crippen LogP contribution is -2.59. The van der Waals surface area contributed by atoms with Crippen LogP contribution in [-0.2, 0) is 51.2 Å². The Morgan fingerprint density at radius 1 is 0.521 bits per heavy atom. The van der Waals surface area contributed by atoms with Crippen LogP contribution in [0.15, 0.2) is 64.6 Å². The van der Waals surface area contributed by atoms with Crippen LogP contribution in [0, 0.1) is 11.8 Å². The smallest absolute Gasteiger partial charge is 0.243 e. The minimum absolute atomic E-state index is 0.0172. The summed E-state index contributed by atoms with van der Waals surface area (Å²) in [6, 6.07) is 6.67. The number of benzene rings is 2. The SMILES string of the molecule is CC(C)C[C@H](NC(=O)[C@H](Cc1ccccc1)NC(=O)CNC(=O)[C@@H](C)NC(=O)[C@@H](N)Cc1ccc(O)cc1)C(=O)N[C@@H](CCCN=C(N)N)C(=O)N[C@@H](CCCN=C(N)N)C(=O)N[C@H](CC(C)C)C(N)=O. The maximum absolute atomic E-state index is 14.2. The Bertz CT molecular complexity index is 2130. The molecule has 392 valence electrons. The minimum atomic E-state index is -1.30. The Morgan fingerprint density at radius 3 is 1.46 bits per heavy atom. The van der Waals surface area contributed by atoms with E-state index in [2.05, 4.69) is 47.2 Å². The van der Waals surface area contributed by atoms with Crippen LogP contribution in [0.5, 0.6) is 5.75 Å². The van der Waals surface area contributed by atoms with Crippen LogP contribution in [0.3, 0.4) is 0 Å². The first-order chi connectivity index (χ1) is 33.4. The molecule has 0 saturated carbocycles. The van der Waals surface area contributed by atoms with E-state index in [-0.39, 0.29) is 94.0 Å². The fourth-order valence-electron chi connectivity index (χ4n) is 7.04. The molecule has 24 heteroatoms. The zero-order valence-corrected chi connectivity index (χ0v) is 41.2. The van der Waals surface area contributed by atoms with Gasteiger partial charge in [-0.2, -0.15) is 0 Å². The molecule has 0 heterocycles. The fraction of sp³-hybridized carbons (Fsp3) is 0.532. The highest BCUT2D eigenvalue weighted by Crippen LogP contribution is 2.13. The predicted molar refractivity (Wildman–Crippen MR) is 268 cm³/mol. The second-order valence-corrected chi connectivity index (χ2v) is 18.0. The molecule has 2 rings (SSSR count). The van der Waals surface area contributed by atoms with Gasteiger partial charge in [-0.15, -0.1) is 0 Å². The minimum Gasteiger partial charge on any atom is -0.508 e. The van der Waals surface area contributed by atoms with Crippen molar-refractivity contribution in [1.29, 1.82) is 0 Å². The van der Waals surface area contributed by atoms with E-state index in [4.69, 9.17) is 34.4 Å². The Morgan fingerprint density at radius 2 is 0.972 bits per heavy atom. The van der Waals surface area contributed by atoms with Crippen LogP contribution < -0.4 is 71.6 Å². The van der Waals surface area contributed by atoms with Gasteiger partial charge in [0.1, 0.15) is 42.0 Å². The van der Waals surface area contributed by atoms with Crippen molar-refractivity contribution in [3.8, 4) is 5.75 Å². The summed E-state index contributed by atoms with van der Waals surface area (Å²) >= 11 is 0. The Labute approximate surface area is 414 Å². The number of guanidine groups is 2. The molecule has 24 nitrogen and oxygen atoms in total. The van der Waals surface area contributed by atoms with E-state index in [1.165, 1.54) is 19.1 Å². The van der Waals surface area contributed by atoms with Crippen LogP contribution in [0.4, 0.5) is 0 Å². The van der Waals surface area contributed by atoms with Crippen molar-refractivity contribution < 1.29 is 43.5 Å². The summed E-state index contributed by atoms with van der Waals surface area (Å²) in [6.07, 6.45) is 0.850. The number of phenols is 1. The number of nitrogens with one attached hydrogen (secondary N) is 7. The van der Waals surface area contributed by atoms with E-state index in [0.29, 0.717) is 11.1 Å². The highest BCUT2D eigenvalue weighted by Gasteiger charge is 2.33. The summed E-state index contributed by atoms with van der Waals surface area (Å²) in [5.41, 5.74) is 34.9. The zero-order valence-electron chi connectivity index (χ0n) is 41.2. The average molecular weight is 994 g/mol. The van der Waals surface area contributed by atoms with Gasteiger partial charge in [0, 0.05) is 19.5 Å². The van der Waals surface area contributed by atoms with E-state index in [1.807, 2.05) is 27.7 Å². The Balaban J connectivity index is 2.31. The highest BCUT2D eigenvalue weighted by molar-refractivity contribution is 5.97. The van der Waals surface area contributed by atoms with Gasteiger partial charge in [0.2, 0.25) is 47.3 Å². The molecule has 20 N–H and O–H groups in total. The quantitative estimate of drug-likeness (QED) is 0.0207. The molecule has 0 radical (unpaired) electrons. The molecular weight excluding hydrogens is 919 g/mol. The number of phenolic OH excluding ortho intramolecular Hbond substituents is 1. The van der Waals surface area contributed by atoms with Crippen molar-refractivity contribution in [3.63, 3.8) is 0 Å².